The average Bonchev–Trinajstić information content (AvgIpc) is 3.80. The van der Waals surface area contributed by atoms with Crippen molar-refractivity contribution in [1.29, 1.82) is 0 Å². The maximum Gasteiger partial charge on any atom is 0.235 e. The van der Waals surface area contributed by atoms with Crippen LogP contribution in [0.3, 0.4) is 0 Å². The van der Waals surface area contributed by atoms with Crippen LogP contribution >= 0.6 is 11.3 Å². The van der Waals surface area contributed by atoms with E-state index in [-0.39, 0.29) is 0 Å². The van der Waals surface area contributed by atoms with Crippen LogP contribution in [-0.4, -0.2) is 14.5 Å². The van der Waals surface area contributed by atoms with Crippen LogP contribution in [0.25, 0.3) is 114 Å². The summed E-state index contributed by atoms with van der Waals surface area (Å²) >= 11 is 1.85. The van der Waals surface area contributed by atoms with Gasteiger partial charge in [-0.05, 0) is 86.3 Å². The number of rotatable bonds is 4. The molecule has 0 aliphatic carbocycles. The van der Waals surface area contributed by atoms with E-state index in [1.54, 1.807) is 0 Å². The summed E-state index contributed by atoms with van der Waals surface area (Å²) in [4.78, 5) is 10.8. The first-order valence-corrected chi connectivity index (χ1v) is 19.8. The maximum absolute atomic E-state index is 5.48. The second-order valence-electron chi connectivity index (χ2n) is 14.6. The molecule has 3 aromatic heterocycles. The van der Waals surface area contributed by atoms with Crippen LogP contribution in [0.4, 0.5) is 0 Å². The van der Waals surface area contributed by atoms with Crippen LogP contribution in [-0.2, 0) is 0 Å². The first-order chi connectivity index (χ1) is 27.7. The summed E-state index contributed by atoms with van der Waals surface area (Å²) in [5.74, 6) is 0.664. The number of hydrogen-bond donors (Lipinski definition) is 0. The molecule has 260 valence electrons. The SMILES string of the molecule is c1ccc(-c2ccc(-c3ccc4c(c3)c3c5ccccc5ccc3n4-c3nc(-c4ccc5c(c4)sc4cc6ccccc6cc45)c4ccccc4n3)cc2)cc1. The molecule has 0 amide bonds. The van der Waals surface area contributed by atoms with Gasteiger partial charge >= 0.3 is 0 Å². The van der Waals surface area contributed by atoms with Crippen molar-refractivity contribution in [3.63, 3.8) is 0 Å². The Morgan fingerprint density at radius 2 is 0.982 bits per heavy atom. The van der Waals surface area contributed by atoms with Crippen molar-refractivity contribution in [1.82, 2.24) is 14.5 Å². The van der Waals surface area contributed by atoms with Gasteiger partial charge in [0.15, 0.2) is 0 Å². The van der Waals surface area contributed by atoms with E-state index >= 15 is 0 Å². The topological polar surface area (TPSA) is 30.7 Å². The van der Waals surface area contributed by atoms with E-state index in [1.165, 1.54) is 74.7 Å². The van der Waals surface area contributed by atoms with Crippen LogP contribution in [0.1, 0.15) is 0 Å². The third kappa shape index (κ3) is 4.83. The molecular formula is C52H31N3S. The Balaban J connectivity index is 1.07. The minimum absolute atomic E-state index is 0.664. The highest BCUT2D eigenvalue weighted by Gasteiger charge is 2.20. The van der Waals surface area contributed by atoms with Gasteiger partial charge in [-0.1, -0.05) is 146 Å². The van der Waals surface area contributed by atoms with Crippen molar-refractivity contribution >= 4 is 85.8 Å². The molecule has 3 heterocycles. The molecule has 56 heavy (non-hydrogen) atoms. The quantitative estimate of drug-likeness (QED) is 0.181. The van der Waals surface area contributed by atoms with Gasteiger partial charge in [-0.2, -0.15) is 0 Å². The molecule has 9 aromatic carbocycles. The van der Waals surface area contributed by atoms with Gasteiger partial charge in [0, 0.05) is 41.9 Å². The molecular weight excluding hydrogens is 699 g/mol. The second-order valence-corrected chi connectivity index (χ2v) is 15.7. The first-order valence-electron chi connectivity index (χ1n) is 19.0. The van der Waals surface area contributed by atoms with E-state index in [4.69, 9.17) is 9.97 Å². The number of hydrogen-bond acceptors (Lipinski definition) is 3. The van der Waals surface area contributed by atoms with Gasteiger partial charge in [-0.25, -0.2) is 9.97 Å². The zero-order valence-corrected chi connectivity index (χ0v) is 31.0. The highest BCUT2D eigenvalue weighted by atomic mass is 32.1. The van der Waals surface area contributed by atoms with Gasteiger partial charge in [0.25, 0.3) is 0 Å². The van der Waals surface area contributed by atoms with E-state index in [0.717, 1.165) is 33.2 Å². The molecule has 0 atom stereocenters. The molecule has 0 saturated carbocycles. The van der Waals surface area contributed by atoms with Gasteiger partial charge in [0.2, 0.25) is 5.95 Å². The van der Waals surface area contributed by atoms with Crippen LogP contribution in [0, 0.1) is 0 Å². The lowest BCUT2D eigenvalue weighted by Crippen LogP contribution is -2.03. The number of nitrogens with zero attached hydrogens (tertiary/aromatic N) is 3. The summed E-state index contributed by atoms with van der Waals surface area (Å²) in [7, 11) is 0. The summed E-state index contributed by atoms with van der Waals surface area (Å²) in [6, 6.07) is 67.9. The van der Waals surface area contributed by atoms with Gasteiger partial charge in [0.1, 0.15) is 0 Å². The minimum Gasteiger partial charge on any atom is -0.278 e. The molecule has 0 spiro atoms. The number of thiophene rings is 1. The van der Waals surface area contributed by atoms with E-state index < -0.39 is 0 Å². The van der Waals surface area contributed by atoms with E-state index in [0.29, 0.717) is 5.95 Å². The Kier molecular flexibility index (Phi) is 6.80. The maximum atomic E-state index is 5.48. The molecule has 12 rings (SSSR count). The lowest BCUT2D eigenvalue weighted by atomic mass is 9.98. The predicted molar refractivity (Wildman–Crippen MR) is 238 cm³/mol. The smallest absolute Gasteiger partial charge is 0.235 e. The van der Waals surface area contributed by atoms with E-state index in [2.05, 4.69) is 193 Å². The fourth-order valence-electron chi connectivity index (χ4n) is 8.67. The Labute approximate surface area is 326 Å². The second kappa shape index (κ2) is 12.2. The van der Waals surface area contributed by atoms with E-state index in [1.807, 2.05) is 11.3 Å². The largest absolute Gasteiger partial charge is 0.278 e. The van der Waals surface area contributed by atoms with Crippen molar-refractivity contribution < 1.29 is 0 Å². The molecule has 0 fully saturated rings. The fraction of sp³-hybridized carbons (Fsp3) is 0. The Bertz CT molecular complexity index is 3520. The van der Waals surface area contributed by atoms with Crippen molar-refractivity contribution in [2.24, 2.45) is 0 Å². The number of aromatic nitrogens is 3. The Hall–Kier alpha value is -7.14. The number of para-hydroxylation sites is 1. The van der Waals surface area contributed by atoms with Crippen molar-refractivity contribution in [3.8, 4) is 39.5 Å². The number of fused-ring (bicyclic) bond motifs is 10. The molecule has 4 heteroatoms. The third-order valence-electron chi connectivity index (χ3n) is 11.4. The number of benzene rings is 9. The highest BCUT2D eigenvalue weighted by molar-refractivity contribution is 7.25. The zero-order valence-electron chi connectivity index (χ0n) is 30.1. The molecule has 0 N–H and O–H groups in total. The summed E-state index contributed by atoms with van der Waals surface area (Å²) in [5.41, 5.74) is 9.88. The Morgan fingerprint density at radius 3 is 1.82 bits per heavy atom. The lowest BCUT2D eigenvalue weighted by Gasteiger charge is -2.12. The molecule has 0 aliphatic rings. The standard InChI is InChI=1S/C52H31N3S/c1-2-10-32(11-3-1)33-18-20-34(21-19-33)38-24-26-46-44(29-38)50-40-15-7-6-12-35(40)23-27-47(50)55(46)52-53-45-17-9-8-16-42(45)51(54-52)39-22-25-41-43-28-36-13-4-5-14-37(36)30-49(43)56-48(41)31-39/h1-31H. The van der Waals surface area contributed by atoms with Crippen LogP contribution in [0.15, 0.2) is 188 Å². The zero-order chi connectivity index (χ0) is 36.7. The molecule has 0 aliphatic heterocycles. The summed E-state index contributed by atoms with van der Waals surface area (Å²) in [6.07, 6.45) is 0. The molecule has 0 unspecified atom stereocenters. The normalized spacial score (nSPS) is 11.9. The third-order valence-corrected chi connectivity index (χ3v) is 12.5. The lowest BCUT2D eigenvalue weighted by molar-refractivity contribution is 1.01. The summed E-state index contributed by atoms with van der Waals surface area (Å²) in [6.45, 7) is 0. The molecule has 0 saturated heterocycles. The van der Waals surface area contributed by atoms with E-state index in [9.17, 15) is 0 Å². The molecule has 12 aromatic rings. The van der Waals surface area contributed by atoms with Crippen LogP contribution in [0.5, 0.6) is 0 Å². The summed E-state index contributed by atoms with van der Waals surface area (Å²) < 4.78 is 4.82. The first kappa shape index (κ1) is 31.2. The monoisotopic (exact) mass is 729 g/mol. The minimum atomic E-state index is 0.664. The molecule has 0 bridgehead atoms. The molecule has 3 nitrogen and oxygen atoms in total. The fourth-order valence-corrected chi connectivity index (χ4v) is 9.84. The summed E-state index contributed by atoms with van der Waals surface area (Å²) in [5, 5.41) is 11.0. The van der Waals surface area contributed by atoms with Gasteiger partial charge in [0.05, 0.1) is 22.2 Å². The van der Waals surface area contributed by atoms with Crippen LogP contribution < -0.4 is 0 Å². The Morgan fingerprint density at radius 1 is 0.357 bits per heavy atom. The van der Waals surface area contributed by atoms with Gasteiger partial charge in [-0.3, -0.25) is 4.57 Å². The van der Waals surface area contributed by atoms with Crippen molar-refractivity contribution in [2.45, 2.75) is 0 Å². The van der Waals surface area contributed by atoms with Gasteiger partial charge in [-0.15, -0.1) is 11.3 Å². The molecule has 0 radical (unpaired) electrons. The van der Waals surface area contributed by atoms with Gasteiger partial charge < -0.3 is 0 Å². The van der Waals surface area contributed by atoms with Crippen molar-refractivity contribution in [2.75, 3.05) is 0 Å². The average molecular weight is 730 g/mol. The predicted octanol–water partition coefficient (Wildman–Crippen LogP) is 14.4. The highest BCUT2D eigenvalue weighted by Crippen LogP contribution is 2.42. The van der Waals surface area contributed by atoms with Crippen LogP contribution in [0.2, 0.25) is 0 Å². The van der Waals surface area contributed by atoms with Crippen molar-refractivity contribution in [3.05, 3.63) is 188 Å².